The molecule has 0 aliphatic heterocycles. The molecule has 146 valence electrons. The maximum Gasteiger partial charge on any atom is 0.261 e. The molecule has 29 heavy (non-hydrogen) atoms. The van der Waals surface area contributed by atoms with E-state index in [1.165, 1.54) is 10.9 Å². The number of benzene rings is 2. The van der Waals surface area contributed by atoms with Crippen LogP contribution in [0.4, 0.5) is 5.82 Å². The number of nitrogens with one attached hydrogen (secondary N) is 1. The molecule has 4 aromatic rings. The van der Waals surface area contributed by atoms with Crippen LogP contribution in [-0.2, 0) is 11.3 Å². The molecule has 2 aromatic heterocycles. The van der Waals surface area contributed by atoms with Crippen LogP contribution < -0.4 is 10.9 Å². The van der Waals surface area contributed by atoms with Gasteiger partial charge in [0.2, 0.25) is 5.91 Å². The third-order valence-corrected chi connectivity index (χ3v) is 5.09. The summed E-state index contributed by atoms with van der Waals surface area (Å²) < 4.78 is 2.90. The summed E-state index contributed by atoms with van der Waals surface area (Å²) in [6, 6.07) is 13.9. The summed E-state index contributed by atoms with van der Waals surface area (Å²) in [6.07, 6.45) is 1.36. The van der Waals surface area contributed by atoms with Crippen molar-refractivity contribution in [2.24, 2.45) is 0 Å². The van der Waals surface area contributed by atoms with Gasteiger partial charge in [0, 0.05) is 11.8 Å². The minimum absolute atomic E-state index is 0.171. The number of amides is 1. The van der Waals surface area contributed by atoms with E-state index in [0.29, 0.717) is 32.5 Å². The van der Waals surface area contributed by atoms with E-state index in [9.17, 15) is 9.59 Å². The number of aryl methyl sites for hydroxylation is 1. The topological polar surface area (TPSA) is 81.8 Å². The van der Waals surface area contributed by atoms with Gasteiger partial charge in [0.15, 0.2) is 5.82 Å². The highest BCUT2D eigenvalue weighted by atomic mass is 35.5. The number of anilines is 1. The second-order valence-corrected chi connectivity index (χ2v) is 7.24. The number of carbonyl (C=O) groups is 1. The molecule has 2 heterocycles. The van der Waals surface area contributed by atoms with Crippen molar-refractivity contribution in [3.05, 3.63) is 81.0 Å². The van der Waals surface area contributed by atoms with Crippen molar-refractivity contribution in [3.63, 3.8) is 0 Å². The number of hydrogen-bond donors (Lipinski definition) is 1. The zero-order valence-electron chi connectivity index (χ0n) is 15.3. The maximum atomic E-state index is 12.5. The standard InChI is InChI=1S/C20H15Cl2N5O2/c1-12-8-18(25-27(12)13-6-7-15(21)16(22)9-13)24-19(28)10-26-11-23-17-5-3-2-4-14(17)20(26)29/h2-9,11H,10H2,1H3,(H,24,25,28). The predicted octanol–water partition coefficient (Wildman–Crippen LogP) is 3.84. The Morgan fingerprint density at radius 1 is 1.10 bits per heavy atom. The summed E-state index contributed by atoms with van der Waals surface area (Å²) in [4.78, 5) is 29.2. The van der Waals surface area contributed by atoms with Gasteiger partial charge >= 0.3 is 0 Å². The van der Waals surface area contributed by atoms with Crippen molar-refractivity contribution in [3.8, 4) is 5.69 Å². The lowest BCUT2D eigenvalue weighted by atomic mass is 10.2. The normalized spacial score (nSPS) is 11.0. The summed E-state index contributed by atoms with van der Waals surface area (Å²) in [5.41, 5.74) is 1.82. The Bertz CT molecular complexity index is 1300. The van der Waals surface area contributed by atoms with E-state index >= 15 is 0 Å². The molecule has 0 spiro atoms. The van der Waals surface area contributed by atoms with Crippen LogP contribution in [0.1, 0.15) is 5.69 Å². The van der Waals surface area contributed by atoms with E-state index in [0.717, 1.165) is 5.69 Å². The van der Waals surface area contributed by atoms with Crippen LogP contribution in [0.15, 0.2) is 59.7 Å². The van der Waals surface area contributed by atoms with Gasteiger partial charge in [-0.15, -0.1) is 5.10 Å². The summed E-state index contributed by atoms with van der Waals surface area (Å²) >= 11 is 12.0. The quantitative estimate of drug-likeness (QED) is 0.536. The Hall–Kier alpha value is -3.16. The molecular weight excluding hydrogens is 413 g/mol. The molecule has 0 aliphatic rings. The molecular formula is C20H15Cl2N5O2. The summed E-state index contributed by atoms with van der Waals surface area (Å²) in [5.74, 6) is -0.0247. The maximum absolute atomic E-state index is 12.5. The second-order valence-electron chi connectivity index (χ2n) is 6.42. The number of nitrogens with zero attached hydrogens (tertiary/aromatic N) is 4. The number of rotatable bonds is 4. The summed E-state index contributed by atoms with van der Waals surface area (Å²) in [5, 5.41) is 8.41. The first kappa shape index (κ1) is 19.2. The van der Waals surface area contributed by atoms with Crippen LogP contribution in [0.2, 0.25) is 10.0 Å². The van der Waals surface area contributed by atoms with Crippen LogP contribution in [0.25, 0.3) is 16.6 Å². The second kappa shape index (κ2) is 7.69. The van der Waals surface area contributed by atoms with Gasteiger partial charge in [0.05, 0.1) is 33.0 Å². The largest absolute Gasteiger partial charge is 0.308 e. The van der Waals surface area contributed by atoms with E-state index in [1.54, 1.807) is 53.2 Å². The van der Waals surface area contributed by atoms with Gasteiger partial charge in [0.1, 0.15) is 6.54 Å². The van der Waals surface area contributed by atoms with Crippen LogP contribution >= 0.6 is 23.2 Å². The zero-order valence-corrected chi connectivity index (χ0v) is 16.8. The third kappa shape index (κ3) is 3.87. The van der Waals surface area contributed by atoms with Gasteiger partial charge in [-0.25, -0.2) is 9.67 Å². The Morgan fingerprint density at radius 3 is 2.69 bits per heavy atom. The summed E-state index contributed by atoms with van der Waals surface area (Å²) in [7, 11) is 0. The van der Waals surface area contributed by atoms with Crippen molar-refractivity contribution in [1.29, 1.82) is 0 Å². The molecule has 1 N–H and O–H groups in total. The molecule has 9 heteroatoms. The van der Waals surface area contributed by atoms with Crippen molar-refractivity contribution < 1.29 is 4.79 Å². The number of halogens is 2. The minimum atomic E-state index is -0.386. The van der Waals surface area contributed by atoms with Gasteiger partial charge in [-0.2, -0.15) is 0 Å². The third-order valence-electron chi connectivity index (χ3n) is 4.35. The molecule has 0 fully saturated rings. The van der Waals surface area contributed by atoms with Gasteiger partial charge in [0.25, 0.3) is 5.56 Å². The van der Waals surface area contributed by atoms with Crippen LogP contribution in [-0.4, -0.2) is 25.2 Å². The molecule has 0 saturated heterocycles. The number of hydrogen-bond acceptors (Lipinski definition) is 4. The first-order chi connectivity index (χ1) is 13.9. The number of carbonyl (C=O) groups excluding carboxylic acids is 1. The molecule has 0 saturated carbocycles. The first-order valence-electron chi connectivity index (χ1n) is 8.68. The molecule has 0 aliphatic carbocycles. The average Bonchev–Trinajstić information content (AvgIpc) is 3.06. The van der Waals surface area contributed by atoms with Crippen molar-refractivity contribution in [2.45, 2.75) is 13.5 Å². The van der Waals surface area contributed by atoms with Crippen LogP contribution in [0.3, 0.4) is 0 Å². The molecule has 0 unspecified atom stereocenters. The molecule has 7 nitrogen and oxygen atoms in total. The molecule has 0 bridgehead atoms. The highest BCUT2D eigenvalue weighted by Gasteiger charge is 2.12. The van der Waals surface area contributed by atoms with Gasteiger partial charge in [-0.1, -0.05) is 35.3 Å². The summed E-state index contributed by atoms with van der Waals surface area (Å²) in [6.45, 7) is 1.68. The Kier molecular flexibility index (Phi) is 5.08. The van der Waals surface area contributed by atoms with Gasteiger partial charge in [-0.3, -0.25) is 14.2 Å². The van der Waals surface area contributed by atoms with E-state index in [-0.39, 0.29) is 18.0 Å². The van der Waals surface area contributed by atoms with E-state index in [4.69, 9.17) is 23.2 Å². The Balaban J connectivity index is 1.54. The Morgan fingerprint density at radius 2 is 1.90 bits per heavy atom. The molecule has 0 radical (unpaired) electrons. The first-order valence-corrected chi connectivity index (χ1v) is 9.44. The number of para-hydroxylation sites is 1. The zero-order chi connectivity index (χ0) is 20.5. The van der Waals surface area contributed by atoms with E-state index < -0.39 is 0 Å². The number of aromatic nitrogens is 4. The molecule has 2 aromatic carbocycles. The van der Waals surface area contributed by atoms with E-state index in [1.807, 2.05) is 6.92 Å². The highest BCUT2D eigenvalue weighted by Crippen LogP contribution is 2.25. The molecule has 0 atom stereocenters. The number of fused-ring (bicyclic) bond motifs is 1. The lowest BCUT2D eigenvalue weighted by Gasteiger charge is -2.07. The van der Waals surface area contributed by atoms with Crippen molar-refractivity contribution >= 4 is 45.8 Å². The van der Waals surface area contributed by atoms with Gasteiger partial charge in [-0.05, 0) is 37.3 Å². The molecule has 4 rings (SSSR count). The van der Waals surface area contributed by atoms with Crippen LogP contribution in [0.5, 0.6) is 0 Å². The smallest absolute Gasteiger partial charge is 0.261 e. The molecule has 1 amide bonds. The average molecular weight is 428 g/mol. The van der Waals surface area contributed by atoms with Crippen molar-refractivity contribution in [1.82, 2.24) is 19.3 Å². The Labute approximate surface area is 175 Å². The van der Waals surface area contributed by atoms with Gasteiger partial charge < -0.3 is 5.32 Å². The van der Waals surface area contributed by atoms with Crippen LogP contribution in [0, 0.1) is 6.92 Å². The lowest BCUT2D eigenvalue weighted by Crippen LogP contribution is -2.28. The fourth-order valence-corrected chi connectivity index (χ4v) is 3.26. The minimum Gasteiger partial charge on any atom is -0.308 e. The van der Waals surface area contributed by atoms with Crippen molar-refractivity contribution in [2.75, 3.05) is 5.32 Å². The fraction of sp³-hybridized carbons (Fsp3) is 0.100. The predicted molar refractivity (Wildman–Crippen MR) is 113 cm³/mol. The monoisotopic (exact) mass is 427 g/mol. The highest BCUT2D eigenvalue weighted by molar-refractivity contribution is 6.42. The SMILES string of the molecule is Cc1cc(NC(=O)Cn2cnc3ccccc3c2=O)nn1-c1ccc(Cl)c(Cl)c1. The lowest BCUT2D eigenvalue weighted by molar-refractivity contribution is -0.116. The van der Waals surface area contributed by atoms with E-state index in [2.05, 4.69) is 15.4 Å². The fourth-order valence-electron chi connectivity index (χ4n) is 2.97.